The lowest BCUT2D eigenvalue weighted by Gasteiger charge is -2.50. The molecule has 1 aliphatic rings. The van der Waals surface area contributed by atoms with Gasteiger partial charge in [0.25, 0.3) is 0 Å². The van der Waals surface area contributed by atoms with Crippen molar-refractivity contribution in [1.82, 2.24) is 14.7 Å². The maximum Gasteiger partial charge on any atom is 0.118 e. The van der Waals surface area contributed by atoms with E-state index in [-0.39, 0.29) is 18.1 Å². The summed E-state index contributed by atoms with van der Waals surface area (Å²) in [5.74, 6) is 4.87. The van der Waals surface area contributed by atoms with E-state index in [1.807, 2.05) is 72.8 Å². The highest BCUT2D eigenvalue weighted by Gasteiger charge is 2.38. The van der Waals surface area contributed by atoms with Crippen LogP contribution in [0.25, 0.3) is 0 Å². The molecule has 0 spiro atoms. The molecular weight excluding hydrogens is 715 g/mol. The fourth-order valence-corrected chi connectivity index (χ4v) is 7.88. The van der Waals surface area contributed by atoms with E-state index in [0.29, 0.717) is 20.0 Å². The van der Waals surface area contributed by atoms with Gasteiger partial charge in [-0.15, -0.1) is 0 Å². The quantitative estimate of drug-likeness (QED) is 0.102. The van der Waals surface area contributed by atoms with Crippen LogP contribution in [0.15, 0.2) is 146 Å². The van der Waals surface area contributed by atoms with E-state index in [1.165, 1.54) is 0 Å². The van der Waals surface area contributed by atoms with Crippen molar-refractivity contribution >= 4 is 0 Å². The third-order valence-corrected chi connectivity index (χ3v) is 10.8. The molecule has 0 aliphatic carbocycles. The minimum absolute atomic E-state index is 0.119. The van der Waals surface area contributed by atoms with Crippen LogP contribution in [-0.2, 0) is 0 Å². The van der Waals surface area contributed by atoms with Crippen LogP contribution in [0.1, 0.15) is 51.5 Å². The fourth-order valence-electron chi connectivity index (χ4n) is 7.88. The number of hydrogen-bond acceptors (Lipinski definition) is 9. The fraction of sp³-hybridized carbons (Fsp3) is 0.250. The van der Waals surface area contributed by atoms with Crippen molar-refractivity contribution in [3.8, 4) is 34.5 Å². The zero-order chi connectivity index (χ0) is 39.7. The first-order valence-electron chi connectivity index (χ1n) is 19.0. The van der Waals surface area contributed by atoms with Crippen molar-refractivity contribution in [2.24, 2.45) is 0 Å². The smallest absolute Gasteiger partial charge is 0.118 e. The number of benzene rings is 6. The van der Waals surface area contributed by atoms with Gasteiger partial charge in [0.15, 0.2) is 0 Å². The molecule has 9 heteroatoms. The lowest BCUT2D eigenvalue weighted by atomic mass is 9.93. The second kappa shape index (κ2) is 18.3. The molecule has 9 nitrogen and oxygen atoms in total. The molecule has 6 aromatic carbocycles. The molecule has 0 bridgehead atoms. The van der Waals surface area contributed by atoms with Gasteiger partial charge in [-0.05, 0) is 106 Å². The van der Waals surface area contributed by atoms with E-state index >= 15 is 0 Å². The molecular formula is C48H51N3O6. The molecule has 6 aromatic rings. The predicted molar refractivity (Wildman–Crippen MR) is 224 cm³/mol. The van der Waals surface area contributed by atoms with E-state index < -0.39 is 0 Å². The van der Waals surface area contributed by atoms with Crippen LogP contribution < -0.4 is 28.4 Å². The van der Waals surface area contributed by atoms with Gasteiger partial charge in [-0.1, -0.05) is 72.8 Å². The molecule has 0 aromatic heterocycles. The summed E-state index contributed by atoms with van der Waals surface area (Å²) < 4.78 is 33.6. The third-order valence-electron chi connectivity index (χ3n) is 10.8. The minimum Gasteiger partial charge on any atom is -0.497 e. The molecule has 0 amide bonds. The van der Waals surface area contributed by atoms with Crippen molar-refractivity contribution in [2.45, 2.75) is 18.1 Å². The maximum absolute atomic E-state index is 5.61. The molecule has 0 N–H and O–H groups in total. The summed E-state index contributed by atoms with van der Waals surface area (Å²) in [6.07, 6.45) is 0. The van der Waals surface area contributed by atoms with Crippen LogP contribution >= 0.6 is 0 Å². The molecule has 0 unspecified atom stereocenters. The van der Waals surface area contributed by atoms with Crippen molar-refractivity contribution in [1.29, 1.82) is 0 Å². The Labute approximate surface area is 336 Å². The standard InChI is InChI=1S/C48H51N3O6/c1-52-40-19-7-34(8-20-40)46(35-9-21-41(53-2)22-10-35)49-31-50(47(36-11-23-42(54-3)24-12-36)37-13-25-43(55-4)26-14-37)33-51(32-49)48(38-15-27-44(56-5)28-16-38)39-17-29-45(57-6)30-18-39/h7-30,46-48H,31-33H2,1-6H3. The first kappa shape index (κ1) is 39.2. The molecule has 1 saturated heterocycles. The van der Waals surface area contributed by atoms with Crippen molar-refractivity contribution in [3.63, 3.8) is 0 Å². The summed E-state index contributed by atoms with van der Waals surface area (Å²) in [6, 6.07) is 50.2. The molecule has 294 valence electrons. The number of nitrogens with zero attached hydrogens (tertiary/aromatic N) is 3. The van der Waals surface area contributed by atoms with Gasteiger partial charge in [0, 0.05) is 0 Å². The second-order valence-electron chi connectivity index (χ2n) is 14.0. The highest BCUT2D eigenvalue weighted by atomic mass is 16.5. The van der Waals surface area contributed by atoms with E-state index in [1.54, 1.807) is 42.7 Å². The van der Waals surface area contributed by atoms with Gasteiger partial charge in [-0.2, -0.15) is 0 Å². The summed E-state index contributed by atoms with van der Waals surface area (Å²) in [6.45, 7) is 1.96. The van der Waals surface area contributed by atoms with Gasteiger partial charge in [0.2, 0.25) is 0 Å². The Morgan fingerprint density at radius 2 is 0.404 bits per heavy atom. The van der Waals surface area contributed by atoms with Crippen LogP contribution in [0.2, 0.25) is 0 Å². The summed E-state index contributed by atoms with van der Waals surface area (Å²) in [5, 5.41) is 0. The first-order chi connectivity index (χ1) is 27.9. The summed E-state index contributed by atoms with van der Waals surface area (Å²) >= 11 is 0. The molecule has 7 rings (SSSR count). The highest BCUT2D eigenvalue weighted by Crippen LogP contribution is 2.41. The van der Waals surface area contributed by atoms with Crippen LogP contribution in [0, 0.1) is 0 Å². The average Bonchev–Trinajstić information content (AvgIpc) is 3.28. The Kier molecular flexibility index (Phi) is 12.6. The molecule has 1 fully saturated rings. The van der Waals surface area contributed by atoms with Crippen molar-refractivity contribution in [3.05, 3.63) is 179 Å². The van der Waals surface area contributed by atoms with Gasteiger partial charge in [0.1, 0.15) is 34.5 Å². The summed E-state index contributed by atoms with van der Waals surface area (Å²) in [7, 11) is 10.2. The van der Waals surface area contributed by atoms with Crippen LogP contribution in [0.3, 0.4) is 0 Å². The average molecular weight is 766 g/mol. The van der Waals surface area contributed by atoms with E-state index in [2.05, 4.69) is 87.5 Å². The molecule has 0 atom stereocenters. The van der Waals surface area contributed by atoms with Gasteiger partial charge in [-0.3, -0.25) is 14.7 Å². The largest absolute Gasteiger partial charge is 0.497 e. The Morgan fingerprint density at radius 3 is 0.526 bits per heavy atom. The van der Waals surface area contributed by atoms with Crippen LogP contribution in [0.5, 0.6) is 34.5 Å². The molecule has 0 radical (unpaired) electrons. The molecule has 1 heterocycles. The SMILES string of the molecule is COc1ccc(C(c2ccc(OC)cc2)N2CN(C(c3ccc(OC)cc3)c3ccc(OC)cc3)CN(C(c3ccc(OC)cc3)c3ccc(OC)cc3)C2)cc1. The summed E-state index contributed by atoms with van der Waals surface area (Å²) in [5.41, 5.74) is 6.91. The molecule has 1 aliphatic heterocycles. The first-order valence-corrected chi connectivity index (χ1v) is 19.0. The Bertz CT molecular complexity index is 1750. The monoisotopic (exact) mass is 765 g/mol. The van der Waals surface area contributed by atoms with Gasteiger partial charge >= 0.3 is 0 Å². The van der Waals surface area contributed by atoms with E-state index in [9.17, 15) is 0 Å². The zero-order valence-corrected chi connectivity index (χ0v) is 33.5. The van der Waals surface area contributed by atoms with E-state index in [4.69, 9.17) is 28.4 Å². The zero-order valence-electron chi connectivity index (χ0n) is 33.5. The van der Waals surface area contributed by atoms with Crippen molar-refractivity contribution in [2.75, 3.05) is 62.7 Å². The maximum atomic E-state index is 5.61. The Morgan fingerprint density at radius 1 is 0.263 bits per heavy atom. The lowest BCUT2D eigenvalue weighted by molar-refractivity contribution is -0.0704. The number of ether oxygens (including phenoxy) is 6. The third kappa shape index (κ3) is 8.86. The Hall–Kier alpha value is -6.00. The Balaban J connectivity index is 1.41. The number of methoxy groups -OCH3 is 6. The van der Waals surface area contributed by atoms with Gasteiger partial charge < -0.3 is 28.4 Å². The van der Waals surface area contributed by atoms with Crippen molar-refractivity contribution < 1.29 is 28.4 Å². The molecule has 57 heavy (non-hydrogen) atoms. The minimum atomic E-state index is -0.119. The van der Waals surface area contributed by atoms with E-state index in [0.717, 1.165) is 67.9 Å². The number of hydrogen-bond donors (Lipinski definition) is 0. The lowest BCUT2D eigenvalue weighted by Crippen LogP contribution is -2.57. The normalized spacial score (nSPS) is 13.8. The van der Waals surface area contributed by atoms with Crippen LogP contribution in [0.4, 0.5) is 0 Å². The van der Waals surface area contributed by atoms with Crippen LogP contribution in [-0.4, -0.2) is 77.4 Å². The highest BCUT2D eigenvalue weighted by molar-refractivity contribution is 5.42. The van der Waals surface area contributed by atoms with Gasteiger partial charge in [0.05, 0.1) is 80.8 Å². The number of rotatable bonds is 15. The second-order valence-corrected chi connectivity index (χ2v) is 14.0. The summed E-state index contributed by atoms with van der Waals surface area (Å²) in [4.78, 5) is 7.69. The predicted octanol–water partition coefficient (Wildman–Crippen LogP) is 9.20. The van der Waals surface area contributed by atoms with Gasteiger partial charge in [-0.25, -0.2) is 0 Å². The topological polar surface area (TPSA) is 65.1 Å². The molecule has 0 saturated carbocycles.